The molecule has 0 unspecified atom stereocenters. The second-order valence-corrected chi connectivity index (χ2v) is 24.0. The summed E-state index contributed by atoms with van der Waals surface area (Å²) in [6, 6.07) is 20.4. The van der Waals surface area contributed by atoms with Gasteiger partial charge in [0.05, 0.1) is 26.4 Å². The van der Waals surface area contributed by atoms with Gasteiger partial charge in [-0.15, -0.1) is 0 Å². The molecule has 0 fully saturated rings. The van der Waals surface area contributed by atoms with Crippen LogP contribution in [0.2, 0.25) is 0 Å². The SMILES string of the molecule is CCCCCCCCCCCCOc1ccc(O)c2c1cc(OCCCCCCCCCCCC)c1ccc3ccc4c(OCCCCCCCCCCCC)cc5c(OCCCCCCCCCCCC)ccc(O)c5c4c3c12. The number of benzene rings is 6. The van der Waals surface area contributed by atoms with E-state index in [-0.39, 0.29) is 11.5 Å². The van der Waals surface area contributed by atoms with Crippen LogP contribution in [0.4, 0.5) is 0 Å². The summed E-state index contributed by atoms with van der Waals surface area (Å²) in [4.78, 5) is 0. The molecule has 0 aliphatic heterocycles. The maximum atomic E-state index is 12.2. The van der Waals surface area contributed by atoms with Crippen molar-refractivity contribution in [3.8, 4) is 34.5 Å². The number of aromatic hydroxyl groups is 2. The van der Waals surface area contributed by atoms with Gasteiger partial charge in [-0.2, -0.15) is 0 Å². The van der Waals surface area contributed by atoms with Crippen LogP contribution < -0.4 is 18.9 Å². The Morgan fingerprint density at radius 1 is 0.237 bits per heavy atom. The minimum Gasteiger partial charge on any atom is -0.507 e. The molecule has 0 amide bonds. The molecule has 0 aliphatic carbocycles. The Bertz CT molecular complexity index is 2460. The molecule has 0 heterocycles. The lowest BCUT2D eigenvalue weighted by atomic mass is 9.89. The van der Waals surface area contributed by atoms with Crippen LogP contribution in [-0.2, 0) is 0 Å². The summed E-state index contributed by atoms with van der Waals surface area (Å²) in [6.07, 6.45) is 50.6. The third-order valence-corrected chi connectivity index (χ3v) is 17.2. The van der Waals surface area contributed by atoms with Gasteiger partial charge in [0.15, 0.2) is 0 Å². The smallest absolute Gasteiger partial charge is 0.127 e. The Labute approximate surface area is 486 Å². The fourth-order valence-corrected chi connectivity index (χ4v) is 12.3. The molecule has 0 spiro atoms. The second-order valence-electron chi connectivity index (χ2n) is 24.0. The highest BCUT2D eigenvalue weighted by atomic mass is 16.5. The zero-order valence-corrected chi connectivity index (χ0v) is 51.4. The van der Waals surface area contributed by atoms with E-state index in [2.05, 4.69) is 64.1 Å². The van der Waals surface area contributed by atoms with Crippen LogP contribution in [0.3, 0.4) is 0 Å². The molecule has 6 aromatic carbocycles. The lowest BCUT2D eigenvalue weighted by Gasteiger charge is -2.20. The van der Waals surface area contributed by atoms with Crippen molar-refractivity contribution in [1.29, 1.82) is 0 Å². The topological polar surface area (TPSA) is 77.4 Å². The average Bonchev–Trinajstić information content (AvgIpc) is 3.66. The van der Waals surface area contributed by atoms with Crippen LogP contribution in [0.1, 0.15) is 285 Å². The van der Waals surface area contributed by atoms with Crippen molar-refractivity contribution in [2.75, 3.05) is 26.4 Å². The van der Waals surface area contributed by atoms with Crippen LogP contribution in [0.15, 0.2) is 60.7 Å². The fraction of sp³-hybridized carbons (Fsp3) is 0.649. The van der Waals surface area contributed by atoms with E-state index in [1.54, 1.807) is 12.1 Å². The van der Waals surface area contributed by atoms with Gasteiger partial charge in [0.25, 0.3) is 0 Å². The zero-order chi connectivity index (χ0) is 56.2. The van der Waals surface area contributed by atoms with E-state index >= 15 is 0 Å². The molecule has 0 aliphatic rings. The Morgan fingerprint density at radius 2 is 0.487 bits per heavy atom. The zero-order valence-electron chi connectivity index (χ0n) is 51.4. The van der Waals surface area contributed by atoms with E-state index in [0.717, 1.165) is 128 Å². The summed E-state index contributed by atoms with van der Waals surface area (Å²) in [5.74, 6) is 3.49. The molecule has 6 nitrogen and oxygen atoms in total. The van der Waals surface area contributed by atoms with Crippen molar-refractivity contribution in [1.82, 2.24) is 0 Å². The molecule has 2 N–H and O–H groups in total. The molecule has 0 atom stereocenters. The number of phenols is 2. The lowest BCUT2D eigenvalue weighted by molar-refractivity contribution is 0.304. The van der Waals surface area contributed by atoms with Gasteiger partial charge in [0.1, 0.15) is 34.5 Å². The van der Waals surface area contributed by atoms with Crippen molar-refractivity contribution in [3.05, 3.63) is 60.7 Å². The minimum atomic E-state index is 0.199. The predicted molar refractivity (Wildman–Crippen MR) is 347 cm³/mol. The van der Waals surface area contributed by atoms with Crippen molar-refractivity contribution in [2.45, 2.75) is 285 Å². The first-order valence-electron chi connectivity index (χ1n) is 33.8. The van der Waals surface area contributed by atoms with E-state index in [4.69, 9.17) is 18.9 Å². The maximum absolute atomic E-state index is 12.2. The molecule has 6 heteroatoms. The van der Waals surface area contributed by atoms with Gasteiger partial charge >= 0.3 is 0 Å². The van der Waals surface area contributed by atoms with Crippen LogP contribution in [0, 0.1) is 0 Å². The largest absolute Gasteiger partial charge is 0.507 e. The van der Waals surface area contributed by atoms with Gasteiger partial charge in [0.2, 0.25) is 0 Å². The Kier molecular flexibility index (Phi) is 31.5. The first-order chi connectivity index (χ1) is 39.5. The lowest BCUT2D eigenvalue weighted by Crippen LogP contribution is -2.02. The van der Waals surface area contributed by atoms with E-state index in [1.165, 1.54) is 205 Å². The highest BCUT2D eigenvalue weighted by Crippen LogP contribution is 2.51. The van der Waals surface area contributed by atoms with Gasteiger partial charge in [0, 0.05) is 43.1 Å². The van der Waals surface area contributed by atoms with Crippen LogP contribution in [0.25, 0.3) is 53.9 Å². The Morgan fingerprint density at radius 3 is 0.762 bits per heavy atom. The summed E-state index contributed by atoms with van der Waals surface area (Å²) >= 11 is 0. The first kappa shape index (κ1) is 64.6. The van der Waals surface area contributed by atoms with Crippen molar-refractivity contribution < 1.29 is 29.2 Å². The van der Waals surface area contributed by atoms with E-state index in [9.17, 15) is 10.2 Å². The average molecular weight is 1100 g/mol. The molecule has 444 valence electrons. The molecule has 0 saturated carbocycles. The number of rotatable bonds is 48. The maximum Gasteiger partial charge on any atom is 0.127 e. The van der Waals surface area contributed by atoms with E-state index < -0.39 is 0 Å². The molecule has 6 aromatic rings. The summed E-state index contributed by atoms with van der Waals surface area (Å²) in [5, 5.41) is 33.3. The van der Waals surface area contributed by atoms with E-state index in [0.29, 0.717) is 26.4 Å². The monoisotopic (exact) mass is 1100 g/mol. The third-order valence-electron chi connectivity index (χ3n) is 17.2. The third kappa shape index (κ3) is 21.0. The predicted octanol–water partition coefficient (Wildman–Crippen LogP) is 24.1. The minimum absolute atomic E-state index is 0.199. The van der Waals surface area contributed by atoms with Crippen LogP contribution >= 0.6 is 0 Å². The highest BCUT2D eigenvalue weighted by molar-refractivity contribution is 6.35. The molecule has 80 heavy (non-hydrogen) atoms. The van der Waals surface area contributed by atoms with E-state index in [1.807, 2.05) is 12.1 Å². The van der Waals surface area contributed by atoms with Gasteiger partial charge in [-0.05, 0) is 85.0 Å². The molecule has 0 bridgehead atoms. The van der Waals surface area contributed by atoms with Crippen LogP contribution in [0.5, 0.6) is 34.5 Å². The molecule has 0 radical (unpaired) electrons. The van der Waals surface area contributed by atoms with Gasteiger partial charge in [-0.25, -0.2) is 0 Å². The Hall–Kier alpha value is -4.58. The van der Waals surface area contributed by atoms with Gasteiger partial charge in [-0.1, -0.05) is 271 Å². The quantitative estimate of drug-likeness (QED) is 0.0293. The van der Waals surface area contributed by atoms with Crippen molar-refractivity contribution >= 4 is 53.9 Å². The fourth-order valence-electron chi connectivity index (χ4n) is 12.3. The standard InChI is InChI=1S/C74H112O6/c1-5-9-13-17-21-25-29-33-37-41-53-77-66-51-49-64(75)71-62(66)57-68(79-55-43-39-35-31-27-23-19-15-11-7-3)60-47-45-59-46-48-61-69(80-56-44-40-36-32-28-24-20-16-12-8-4)58-63-67(52-50-65(76)72(63)74(61)70(59)73(60)71)78-54-42-38-34-30-26-22-18-14-10-6-2/h45-52,57-58,75-76H,5-44,53-56H2,1-4H3. The molecule has 6 rings (SSSR count). The van der Waals surface area contributed by atoms with Gasteiger partial charge in [-0.3, -0.25) is 0 Å². The number of hydrogen-bond donors (Lipinski definition) is 2. The normalized spacial score (nSPS) is 11.8. The molecular weight excluding hydrogens is 985 g/mol. The van der Waals surface area contributed by atoms with Crippen LogP contribution in [-0.4, -0.2) is 36.6 Å². The summed E-state index contributed by atoms with van der Waals surface area (Å²) in [5.41, 5.74) is 0. The molecule has 0 aromatic heterocycles. The number of ether oxygens (including phenoxy) is 4. The number of unbranched alkanes of at least 4 members (excludes halogenated alkanes) is 36. The summed E-state index contributed by atoms with van der Waals surface area (Å²) in [7, 11) is 0. The highest BCUT2D eigenvalue weighted by Gasteiger charge is 2.23. The number of hydrogen-bond acceptors (Lipinski definition) is 6. The summed E-state index contributed by atoms with van der Waals surface area (Å²) < 4.78 is 27.3. The second kappa shape index (κ2) is 39.0. The Balaban J connectivity index is 1.35. The number of fused-ring (bicyclic) bond motifs is 9. The number of phenolic OH excluding ortho intramolecular Hbond substituents is 2. The van der Waals surface area contributed by atoms with Crippen molar-refractivity contribution in [3.63, 3.8) is 0 Å². The molecular formula is C74H112O6. The summed E-state index contributed by atoms with van der Waals surface area (Å²) in [6.45, 7) is 11.6. The van der Waals surface area contributed by atoms with Gasteiger partial charge < -0.3 is 29.2 Å². The van der Waals surface area contributed by atoms with Crippen molar-refractivity contribution in [2.24, 2.45) is 0 Å². The first-order valence-corrected chi connectivity index (χ1v) is 33.8. The molecule has 0 saturated heterocycles.